The molecule has 2 rings (SSSR count). The highest BCUT2D eigenvalue weighted by molar-refractivity contribution is 5.71. The number of hydrogen-bond acceptors (Lipinski definition) is 5. The highest BCUT2D eigenvalue weighted by Crippen LogP contribution is 2.19. The van der Waals surface area contributed by atoms with E-state index in [2.05, 4.69) is 22.0 Å². The topological polar surface area (TPSA) is 44.8 Å². The Morgan fingerprint density at radius 1 is 1.56 bits per heavy atom. The third-order valence-electron chi connectivity index (χ3n) is 2.88. The van der Waals surface area contributed by atoms with Crippen molar-refractivity contribution in [3.05, 3.63) is 11.4 Å². The molecule has 1 saturated heterocycles. The van der Waals surface area contributed by atoms with Crippen molar-refractivity contribution in [1.29, 1.82) is 0 Å². The van der Waals surface area contributed by atoms with Crippen LogP contribution in [0.5, 0.6) is 0 Å². The highest BCUT2D eigenvalue weighted by Gasteiger charge is 2.27. The molecule has 0 atom stereocenters. The molecule has 0 aromatic rings. The van der Waals surface area contributed by atoms with Crippen LogP contribution >= 0.6 is 0 Å². The maximum absolute atomic E-state index is 11.4. The van der Waals surface area contributed by atoms with Gasteiger partial charge < -0.3 is 15.0 Å². The Bertz CT molecular complexity index is 314. The number of ether oxygens (including phenoxy) is 1. The van der Waals surface area contributed by atoms with Crippen LogP contribution in [0, 0.1) is 0 Å². The van der Waals surface area contributed by atoms with Gasteiger partial charge in [0.2, 0.25) is 0 Å². The highest BCUT2D eigenvalue weighted by atomic mass is 16.5. The number of fused-ring (bicyclic) bond motifs is 1. The lowest BCUT2D eigenvalue weighted by atomic mass is 10.2. The molecule has 16 heavy (non-hydrogen) atoms. The van der Waals surface area contributed by atoms with E-state index in [1.807, 2.05) is 6.92 Å². The average Bonchev–Trinajstić information content (AvgIpc) is 2.66. The zero-order chi connectivity index (χ0) is 11.5. The molecular weight excluding hydrogens is 206 g/mol. The maximum Gasteiger partial charge on any atom is 0.320 e. The number of esters is 1. The molecule has 0 spiro atoms. The van der Waals surface area contributed by atoms with Crippen molar-refractivity contribution in [2.75, 3.05) is 39.5 Å². The molecule has 2 aliphatic heterocycles. The number of rotatable bonds is 3. The quantitative estimate of drug-likeness (QED) is 0.683. The monoisotopic (exact) mass is 225 g/mol. The van der Waals surface area contributed by atoms with Gasteiger partial charge in [0.1, 0.15) is 5.82 Å². The van der Waals surface area contributed by atoms with Crippen molar-refractivity contribution in [1.82, 2.24) is 15.1 Å². The number of hydrogen-bond donors (Lipinski definition) is 1. The van der Waals surface area contributed by atoms with Gasteiger partial charge in [-0.1, -0.05) is 0 Å². The predicted molar refractivity (Wildman–Crippen MR) is 60.5 cm³/mol. The fraction of sp³-hybridized carbons (Fsp3) is 0.727. The van der Waals surface area contributed by atoms with E-state index < -0.39 is 0 Å². The van der Waals surface area contributed by atoms with Crippen molar-refractivity contribution in [3.8, 4) is 0 Å². The fourth-order valence-electron chi connectivity index (χ4n) is 2.29. The zero-order valence-electron chi connectivity index (χ0n) is 9.95. The third kappa shape index (κ3) is 2.29. The summed E-state index contributed by atoms with van der Waals surface area (Å²) >= 11 is 0. The van der Waals surface area contributed by atoms with Crippen LogP contribution in [0.4, 0.5) is 0 Å². The summed E-state index contributed by atoms with van der Waals surface area (Å²) in [5.74, 6) is 1.12. The van der Waals surface area contributed by atoms with Gasteiger partial charge in [0, 0.05) is 19.6 Å². The van der Waals surface area contributed by atoms with E-state index in [-0.39, 0.29) is 5.97 Å². The van der Waals surface area contributed by atoms with Gasteiger partial charge in [-0.2, -0.15) is 0 Å². The Morgan fingerprint density at radius 3 is 3.12 bits per heavy atom. The second kappa shape index (κ2) is 4.74. The minimum Gasteiger partial charge on any atom is -0.465 e. The smallest absolute Gasteiger partial charge is 0.320 e. The molecule has 5 nitrogen and oxygen atoms in total. The van der Waals surface area contributed by atoms with Crippen LogP contribution in [-0.2, 0) is 9.53 Å². The first kappa shape index (κ1) is 11.3. The summed E-state index contributed by atoms with van der Waals surface area (Å²) in [5.41, 5.74) is 1.30. The van der Waals surface area contributed by atoms with E-state index in [9.17, 15) is 4.79 Å². The minimum absolute atomic E-state index is 0.133. The van der Waals surface area contributed by atoms with Gasteiger partial charge in [-0.25, -0.2) is 0 Å². The van der Waals surface area contributed by atoms with E-state index in [1.165, 1.54) is 11.4 Å². The molecule has 2 aliphatic rings. The Balaban J connectivity index is 1.93. The number of carbonyl (C=O) groups excluding carboxylic acids is 1. The summed E-state index contributed by atoms with van der Waals surface area (Å²) in [5, 5.41) is 3.37. The molecule has 0 bridgehead atoms. The molecule has 5 heteroatoms. The van der Waals surface area contributed by atoms with Gasteiger partial charge in [-0.15, -0.1) is 0 Å². The molecule has 1 N–H and O–H groups in total. The standard InChI is InChI=1S/C11H19N3O2/c1-3-16-10(15)7-13-6-9(2)11-12-4-5-14(11)8-13/h12H,3-8H2,1-2H3. The van der Waals surface area contributed by atoms with Crippen molar-refractivity contribution in [3.63, 3.8) is 0 Å². The molecule has 2 heterocycles. The van der Waals surface area contributed by atoms with Gasteiger partial charge in [-0.05, 0) is 19.4 Å². The second-order valence-electron chi connectivity index (χ2n) is 4.25. The molecule has 0 aliphatic carbocycles. The Morgan fingerprint density at radius 2 is 2.38 bits per heavy atom. The first-order chi connectivity index (χ1) is 7.70. The van der Waals surface area contributed by atoms with Crippen LogP contribution in [0.15, 0.2) is 11.4 Å². The fourth-order valence-corrected chi connectivity index (χ4v) is 2.29. The predicted octanol–water partition coefficient (Wildman–Crippen LogP) is -0.0407. The number of carbonyl (C=O) groups is 1. The van der Waals surface area contributed by atoms with E-state index >= 15 is 0 Å². The first-order valence-electron chi connectivity index (χ1n) is 5.77. The molecule has 0 saturated carbocycles. The van der Waals surface area contributed by atoms with Gasteiger partial charge in [0.05, 0.1) is 19.8 Å². The maximum atomic E-state index is 11.4. The summed E-state index contributed by atoms with van der Waals surface area (Å²) in [4.78, 5) is 15.8. The van der Waals surface area contributed by atoms with Crippen LogP contribution in [0.2, 0.25) is 0 Å². The lowest BCUT2D eigenvalue weighted by molar-refractivity contribution is -0.144. The molecule has 0 radical (unpaired) electrons. The van der Waals surface area contributed by atoms with Gasteiger partial charge in [-0.3, -0.25) is 9.69 Å². The van der Waals surface area contributed by atoms with Crippen LogP contribution < -0.4 is 5.32 Å². The van der Waals surface area contributed by atoms with Crippen molar-refractivity contribution < 1.29 is 9.53 Å². The lowest BCUT2D eigenvalue weighted by Gasteiger charge is -2.34. The van der Waals surface area contributed by atoms with Gasteiger partial charge in [0.25, 0.3) is 0 Å². The third-order valence-corrected chi connectivity index (χ3v) is 2.88. The summed E-state index contributed by atoms with van der Waals surface area (Å²) in [7, 11) is 0. The van der Waals surface area contributed by atoms with Crippen LogP contribution in [0.1, 0.15) is 13.8 Å². The Labute approximate surface area is 96.0 Å². The van der Waals surface area contributed by atoms with Crippen LogP contribution in [-0.4, -0.2) is 55.2 Å². The molecule has 1 fully saturated rings. The molecule has 0 aromatic carbocycles. The minimum atomic E-state index is -0.133. The molecule has 90 valence electrons. The van der Waals surface area contributed by atoms with Crippen LogP contribution in [0.3, 0.4) is 0 Å². The van der Waals surface area contributed by atoms with E-state index in [0.29, 0.717) is 13.2 Å². The molecule has 0 amide bonds. The van der Waals surface area contributed by atoms with E-state index in [4.69, 9.17) is 4.74 Å². The zero-order valence-corrected chi connectivity index (χ0v) is 9.95. The summed E-state index contributed by atoms with van der Waals surface area (Å²) < 4.78 is 4.96. The molecule has 0 aromatic heterocycles. The lowest BCUT2D eigenvalue weighted by Crippen LogP contribution is -2.45. The average molecular weight is 225 g/mol. The van der Waals surface area contributed by atoms with Crippen molar-refractivity contribution in [2.24, 2.45) is 0 Å². The van der Waals surface area contributed by atoms with Crippen LogP contribution in [0.25, 0.3) is 0 Å². The van der Waals surface area contributed by atoms with Crippen molar-refractivity contribution in [2.45, 2.75) is 13.8 Å². The Hall–Kier alpha value is -1.23. The first-order valence-corrected chi connectivity index (χ1v) is 5.77. The molecule has 0 unspecified atom stereocenters. The number of nitrogens with zero attached hydrogens (tertiary/aromatic N) is 2. The molecular formula is C11H19N3O2. The second-order valence-corrected chi connectivity index (χ2v) is 4.25. The summed E-state index contributed by atoms with van der Waals surface area (Å²) in [6, 6.07) is 0. The normalized spacial score (nSPS) is 20.8. The van der Waals surface area contributed by atoms with E-state index in [1.54, 1.807) is 0 Å². The van der Waals surface area contributed by atoms with E-state index in [0.717, 1.165) is 26.3 Å². The SMILES string of the molecule is CCOC(=O)CN1CC(C)=C2NCCN2C1. The Kier molecular flexibility index (Phi) is 3.33. The summed E-state index contributed by atoms with van der Waals surface area (Å²) in [6.07, 6.45) is 0. The van der Waals surface area contributed by atoms with Gasteiger partial charge in [0.15, 0.2) is 0 Å². The summed E-state index contributed by atoms with van der Waals surface area (Å²) in [6.45, 7) is 8.47. The van der Waals surface area contributed by atoms with Gasteiger partial charge >= 0.3 is 5.97 Å². The van der Waals surface area contributed by atoms with Crippen molar-refractivity contribution >= 4 is 5.97 Å². The largest absolute Gasteiger partial charge is 0.465 e. The number of nitrogens with one attached hydrogen (secondary N) is 1.